The Bertz CT molecular complexity index is 1150. The molecule has 31 heavy (non-hydrogen) atoms. The van der Waals surface area contributed by atoms with Gasteiger partial charge in [0.25, 0.3) is 5.91 Å². The lowest BCUT2D eigenvalue weighted by atomic mass is 10.1. The van der Waals surface area contributed by atoms with Gasteiger partial charge in [-0.1, -0.05) is 6.07 Å². The largest absolute Gasteiger partial charge is 0.449 e. The second kappa shape index (κ2) is 8.67. The molecule has 2 aromatic carbocycles. The maximum absolute atomic E-state index is 13.7. The number of rotatable bonds is 7. The summed E-state index contributed by atoms with van der Waals surface area (Å²) in [5.74, 6) is -6.74. The van der Waals surface area contributed by atoms with E-state index in [2.05, 4.69) is 4.72 Å². The lowest BCUT2D eigenvalue weighted by molar-refractivity contribution is -0.123. The van der Waals surface area contributed by atoms with Gasteiger partial charge in [0.05, 0.1) is 16.1 Å². The van der Waals surface area contributed by atoms with Crippen molar-refractivity contribution in [2.75, 3.05) is 5.32 Å². The molecular formula is C20H19F3N2O5S. The first-order valence-electron chi connectivity index (χ1n) is 9.28. The van der Waals surface area contributed by atoms with Gasteiger partial charge in [-0.05, 0) is 56.5 Å². The highest BCUT2D eigenvalue weighted by Crippen LogP contribution is 2.24. The number of esters is 1. The van der Waals surface area contributed by atoms with E-state index in [9.17, 15) is 31.2 Å². The van der Waals surface area contributed by atoms with Crippen LogP contribution >= 0.6 is 0 Å². The molecule has 3 rings (SSSR count). The van der Waals surface area contributed by atoms with E-state index < -0.39 is 51.1 Å². The Morgan fingerprint density at radius 3 is 2.42 bits per heavy atom. The van der Waals surface area contributed by atoms with Crippen molar-refractivity contribution in [3.05, 3.63) is 58.9 Å². The number of carbonyl (C=O) groups is 2. The van der Waals surface area contributed by atoms with E-state index in [1.807, 2.05) is 5.32 Å². The standard InChI is InChI=1S/C20H19F3N2O5S/c1-10-3-6-13(31(28,29)25-12-4-5-12)9-14(10)20(27)30-11(2)19(26)24-16-8-7-15(21)17(22)18(16)23/h3,6-9,11-12,25H,4-5H2,1-2H3,(H,24,26). The van der Waals surface area contributed by atoms with Crippen LogP contribution in [0.1, 0.15) is 35.7 Å². The highest BCUT2D eigenvalue weighted by atomic mass is 32.2. The van der Waals surface area contributed by atoms with E-state index in [0.717, 1.165) is 25.0 Å². The number of sulfonamides is 1. The zero-order valence-electron chi connectivity index (χ0n) is 16.5. The molecule has 1 atom stereocenters. The molecule has 0 aromatic heterocycles. The molecule has 1 unspecified atom stereocenters. The summed E-state index contributed by atoms with van der Waals surface area (Å²) in [5, 5.41) is 2.01. The molecule has 1 aliphatic rings. The van der Waals surface area contributed by atoms with E-state index in [1.54, 1.807) is 6.92 Å². The monoisotopic (exact) mass is 456 g/mol. The highest BCUT2D eigenvalue weighted by molar-refractivity contribution is 7.89. The van der Waals surface area contributed by atoms with Crippen molar-refractivity contribution in [3.63, 3.8) is 0 Å². The topological polar surface area (TPSA) is 102 Å². The van der Waals surface area contributed by atoms with E-state index in [-0.39, 0.29) is 16.5 Å². The quantitative estimate of drug-likeness (QED) is 0.493. The Labute approximate surface area is 176 Å². The predicted molar refractivity (Wildman–Crippen MR) is 104 cm³/mol. The summed E-state index contributed by atoms with van der Waals surface area (Å²) in [5.41, 5.74) is -0.283. The van der Waals surface area contributed by atoms with Crippen LogP contribution in [0.3, 0.4) is 0 Å². The molecule has 1 fully saturated rings. The molecule has 7 nitrogen and oxygen atoms in total. The summed E-state index contributed by atoms with van der Waals surface area (Å²) < 4.78 is 72.3. The van der Waals surface area contributed by atoms with Crippen LogP contribution < -0.4 is 10.0 Å². The number of hydrogen-bond acceptors (Lipinski definition) is 5. The number of benzene rings is 2. The molecule has 1 aliphatic carbocycles. The van der Waals surface area contributed by atoms with Crippen LogP contribution in [-0.2, 0) is 19.6 Å². The summed E-state index contributed by atoms with van der Waals surface area (Å²) in [6.07, 6.45) is 0.0420. The summed E-state index contributed by atoms with van der Waals surface area (Å²) in [6.45, 7) is 2.75. The summed E-state index contributed by atoms with van der Waals surface area (Å²) in [7, 11) is -3.81. The van der Waals surface area contributed by atoms with Crippen molar-refractivity contribution >= 4 is 27.6 Å². The van der Waals surface area contributed by atoms with Crippen molar-refractivity contribution in [2.24, 2.45) is 0 Å². The van der Waals surface area contributed by atoms with Crippen LogP contribution in [0.25, 0.3) is 0 Å². The van der Waals surface area contributed by atoms with Crippen LogP contribution in [0.4, 0.5) is 18.9 Å². The first kappa shape index (κ1) is 22.8. The Hall–Kier alpha value is -2.92. The van der Waals surface area contributed by atoms with Crippen molar-refractivity contribution in [1.29, 1.82) is 0 Å². The molecule has 0 saturated heterocycles. The van der Waals surface area contributed by atoms with E-state index >= 15 is 0 Å². The molecule has 0 aliphatic heterocycles. The Kier molecular flexibility index (Phi) is 6.37. The molecule has 0 heterocycles. The highest BCUT2D eigenvalue weighted by Gasteiger charge is 2.29. The molecule has 2 aromatic rings. The van der Waals surface area contributed by atoms with Crippen molar-refractivity contribution in [3.8, 4) is 0 Å². The number of carbonyl (C=O) groups excluding carboxylic acids is 2. The van der Waals surface area contributed by atoms with Gasteiger partial charge in [-0.15, -0.1) is 0 Å². The molecule has 2 N–H and O–H groups in total. The molecule has 11 heteroatoms. The normalized spacial score (nSPS) is 14.7. The SMILES string of the molecule is Cc1ccc(S(=O)(=O)NC2CC2)cc1C(=O)OC(C)C(=O)Nc1ccc(F)c(F)c1F. The van der Waals surface area contributed by atoms with E-state index in [1.165, 1.54) is 19.1 Å². The minimum Gasteiger partial charge on any atom is -0.449 e. The van der Waals surface area contributed by atoms with Crippen LogP contribution in [0.5, 0.6) is 0 Å². The van der Waals surface area contributed by atoms with E-state index in [0.29, 0.717) is 11.6 Å². The third-order valence-electron chi connectivity index (χ3n) is 4.58. The number of anilines is 1. The molecule has 0 radical (unpaired) electrons. The molecule has 0 spiro atoms. The number of amides is 1. The van der Waals surface area contributed by atoms with Gasteiger partial charge in [-0.25, -0.2) is 31.1 Å². The van der Waals surface area contributed by atoms with Crippen molar-refractivity contribution in [2.45, 2.75) is 43.7 Å². The molecule has 0 bridgehead atoms. The predicted octanol–water partition coefficient (Wildman–Crippen LogP) is 3.04. The van der Waals surface area contributed by atoms with Gasteiger partial charge in [-0.3, -0.25) is 4.79 Å². The van der Waals surface area contributed by atoms with Gasteiger partial charge in [0, 0.05) is 6.04 Å². The van der Waals surface area contributed by atoms with Gasteiger partial charge < -0.3 is 10.1 Å². The first-order valence-corrected chi connectivity index (χ1v) is 10.8. The number of nitrogens with one attached hydrogen (secondary N) is 2. The lowest BCUT2D eigenvalue weighted by Gasteiger charge is -2.15. The van der Waals surface area contributed by atoms with Crippen LogP contribution in [0.15, 0.2) is 35.2 Å². The molecule has 1 saturated carbocycles. The zero-order chi connectivity index (χ0) is 22.9. The van der Waals surface area contributed by atoms with Gasteiger partial charge in [0.15, 0.2) is 23.6 Å². The second-order valence-corrected chi connectivity index (χ2v) is 8.85. The second-order valence-electron chi connectivity index (χ2n) is 7.13. The molecular weight excluding hydrogens is 437 g/mol. The van der Waals surface area contributed by atoms with E-state index in [4.69, 9.17) is 4.74 Å². The summed E-state index contributed by atoms with van der Waals surface area (Å²) in [6, 6.07) is 5.25. The summed E-state index contributed by atoms with van der Waals surface area (Å²) in [4.78, 5) is 24.6. The maximum Gasteiger partial charge on any atom is 0.339 e. The average molecular weight is 456 g/mol. The molecule has 166 valence electrons. The average Bonchev–Trinajstić information content (AvgIpc) is 3.51. The maximum atomic E-state index is 13.7. The third-order valence-corrected chi connectivity index (χ3v) is 6.10. The number of aryl methyl sites for hydroxylation is 1. The molecule has 1 amide bonds. The van der Waals surface area contributed by atoms with Crippen molar-refractivity contribution < 1.29 is 35.9 Å². The Morgan fingerprint density at radius 1 is 1.10 bits per heavy atom. The minimum atomic E-state index is -3.81. The number of ether oxygens (including phenoxy) is 1. The smallest absolute Gasteiger partial charge is 0.339 e. The lowest BCUT2D eigenvalue weighted by Crippen LogP contribution is -2.31. The Balaban J connectivity index is 1.72. The van der Waals surface area contributed by atoms with Gasteiger partial charge in [-0.2, -0.15) is 0 Å². The summed E-state index contributed by atoms with van der Waals surface area (Å²) >= 11 is 0. The Morgan fingerprint density at radius 2 is 1.77 bits per heavy atom. The fourth-order valence-electron chi connectivity index (χ4n) is 2.61. The fraction of sp³-hybridized carbons (Fsp3) is 0.300. The van der Waals surface area contributed by atoms with Crippen LogP contribution in [0, 0.1) is 24.4 Å². The zero-order valence-corrected chi connectivity index (χ0v) is 17.4. The van der Waals surface area contributed by atoms with Gasteiger partial charge in [0.1, 0.15) is 0 Å². The third kappa shape index (κ3) is 5.23. The number of hydrogen-bond donors (Lipinski definition) is 2. The van der Waals surface area contributed by atoms with Crippen molar-refractivity contribution in [1.82, 2.24) is 4.72 Å². The van der Waals surface area contributed by atoms with Gasteiger partial charge in [0.2, 0.25) is 10.0 Å². The van der Waals surface area contributed by atoms with Crippen LogP contribution in [0.2, 0.25) is 0 Å². The minimum absolute atomic E-state index is 0.0719. The first-order chi connectivity index (χ1) is 14.5. The van der Waals surface area contributed by atoms with Gasteiger partial charge >= 0.3 is 5.97 Å². The fourth-order valence-corrected chi connectivity index (χ4v) is 3.94. The number of halogens is 3. The van der Waals surface area contributed by atoms with Crippen LogP contribution in [-0.4, -0.2) is 32.4 Å².